The topological polar surface area (TPSA) is 76.0 Å². The number of ether oxygens (including phenoxy) is 2. The zero-order valence-corrected chi connectivity index (χ0v) is 12.9. The number of carbonyl (C=O) groups is 1. The summed E-state index contributed by atoms with van der Waals surface area (Å²) in [6, 6.07) is 9.57. The molecule has 2 unspecified atom stereocenters. The first-order chi connectivity index (χ1) is 11.1. The maximum absolute atomic E-state index is 11.3. The minimum absolute atomic E-state index is 0.0320. The van der Waals surface area contributed by atoms with E-state index in [1.54, 1.807) is 6.92 Å². The van der Waals surface area contributed by atoms with Crippen LogP contribution in [-0.2, 0) is 0 Å². The molecule has 0 aromatic heterocycles. The fraction of sp³-hybridized carbons (Fsp3) is 0.278. The molecule has 5 nitrogen and oxygen atoms in total. The van der Waals surface area contributed by atoms with Gasteiger partial charge in [-0.2, -0.15) is 0 Å². The van der Waals surface area contributed by atoms with E-state index < -0.39 is 6.10 Å². The van der Waals surface area contributed by atoms with Crippen molar-refractivity contribution in [2.75, 3.05) is 7.11 Å². The van der Waals surface area contributed by atoms with Gasteiger partial charge in [0.25, 0.3) is 0 Å². The summed E-state index contributed by atoms with van der Waals surface area (Å²) in [5, 5.41) is 20.8. The van der Waals surface area contributed by atoms with Crippen molar-refractivity contribution in [1.82, 2.24) is 0 Å². The largest absolute Gasteiger partial charge is 0.507 e. The average molecular weight is 314 g/mol. The molecule has 0 amide bonds. The summed E-state index contributed by atoms with van der Waals surface area (Å²) in [5.74, 6) is 0.353. The van der Waals surface area contributed by atoms with Gasteiger partial charge in [0, 0.05) is 12.0 Å². The van der Waals surface area contributed by atoms with Gasteiger partial charge < -0.3 is 19.7 Å². The van der Waals surface area contributed by atoms with Gasteiger partial charge in [0.1, 0.15) is 23.4 Å². The lowest BCUT2D eigenvalue weighted by Gasteiger charge is -2.33. The Bertz CT molecular complexity index is 739. The van der Waals surface area contributed by atoms with Crippen molar-refractivity contribution >= 4 is 6.29 Å². The number of hydrogen-bond acceptors (Lipinski definition) is 5. The molecular weight excluding hydrogens is 296 g/mol. The van der Waals surface area contributed by atoms with E-state index in [9.17, 15) is 15.0 Å². The maximum Gasteiger partial charge on any atom is 0.157 e. The first kappa shape index (κ1) is 15.4. The molecular formula is C18H18O5. The lowest BCUT2D eigenvalue weighted by Crippen LogP contribution is -2.21. The fourth-order valence-corrected chi connectivity index (χ4v) is 3.03. The summed E-state index contributed by atoms with van der Waals surface area (Å²) < 4.78 is 11.3. The molecule has 2 aromatic carbocycles. The molecule has 1 aliphatic rings. The third-order valence-corrected chi connectivity index (χ3v) is 4.21. The molecule has 0 aliphatic carbocycles. The monoisotopic (exact) mass is 314 g/mol. The lowest BCUT2D eigenvalue weighted by molar-refractivity contribution is 0.0622. The average Bonchev–Trinajstić information content (AvgIpc) is 2.58. The molecule has 2 atom stereocenters. The lowest BCUT2D eigenvalue weighted by atomic mass is 9.90. The predicted molar refractivity (Wildman–Crippen MR) is 84.2 cm³/mol. The summed E-state index contributed by atoms with van der Waals surface area (Å²) in [6.07, 6.45) is -0.312. The van der Waals surface area contributed by atoms with Gasteiger partial charge in [-0.3, -0.25) is 4.79 Å². The zero-order valence-electron chi connectivity index (χ0n) is 12.9. The highest BCUT2D eigenvalue weighted by Crippen LogP contribution is 2.51. The fourth-order valence-electron chi connectivity index (χ4n) is 3.03. The molecule has 5 heteroatoms. The summed E-state index contributed by atoms with van der Waals surface area (Å²) in [7, 11) is 1.40. The Kier molecular flexibility index (Phi) is 3.96. The summed E-state index contributed by atoms with van der Waals surface area (Å²) in [6.45, 7) is 1.65. The van der Waals surface area contributed by atoms with E-state index in [1.807, 2.05) is 30.3 Å². The quantitative estimate of drug-likeness (QED) is 0.852. The number of hydrogen-bond donors (Lipinski definition) is 2. The van der Waals surface area contributed by atoms with Crippen LogP contribution in [0.1, 0.15) is 45.7 Å². The molecule has 0 spiro atoms. The van der Waals surface area contributed by atoms with Gasteiger partial charge in [0.2, 0.25) is 0 Å². The molecule has 1 aliphatic heterocycles. The summed E-state index contributed by atoms with van der Waals surface area (Å²) >= 11 is 0. The van der Waals surface area contributed by atoms with Crippen molar-refractivity contribution in [1.29, 1.82) is 0 Å². The first-order valence-electron chi connectivity index (χ1n) is 7.36. The molecule has 3 rings (SSSR count). The summed E-state index contributed by atoms with van der Waals surface area (Å²) in [4.78, 5) is 11.3. The molecule has 23 heavy (non-hydrogen) atoms. The first-order valence-corrected chi connectivity index (χ1v) is 7.36. The number of aromatic hydroxyl groups is 1. The van der Waals surface area contributed by atoms with Crippen molar-refractivity contribution in [2.24, 2.45) is 0 Å². The molecule has 120 valence electrons. The van der Waals surface area contributed by atoms with Gasteiger partial charge in [-0.05, 0) is 12.5 Å². The van der Waals surface area contributed by atoms with E-state index in [0.717, 1.165) is 5.56 Å². The second-order valence-corrected chi connectivity index (χ2v) is 5.55. The minimum Gasteiger partial charge on any atom is -0.507 e. The van der Waals surface area contributed by atoms with Crippen LogP contribution in [0.4, 0.5) is 0 Å². The smallest absolute Gasteiger partial charge is 0.157 e. The molecule has 0 radical (unpaired) electrons. The number of aldehydes is 1. The van der Waals surface area contributed by atoms with Crippen LogP contribution < -0.4 is 9.47 Å². The second kappa shape index (κ2) is 5.93. The van der Waals surface area contributed by atoms with Gasteiger partial charge >= 0.3 is 0 Å². The number of benzene rings is 2. The zero-order chi connectivity index (χ0) is 16.6. The standard InChI is InChI=1S/C18H18O5/c1-10-16(21)12(9-19)18(22-2)15-13(20)8-14(23-17(10)15)11-6-4-3-5-7-11/h3-7,9,13-14,20-21H,8H2,1-2H3. The van der Waals surface area contributed by atoms with E-state index >= 15 is 0 Å². The Morgan fingerprint density at radius 3 is 2.61 bits per heavy atom. The number of phenolic OH excluding ortho intramolecular Hbond substituents is 1. The van der Waals surface area contributed by atoms with Crippen LogP contribution in [0.3, 0.4) is 0 Å². The van der Waals surface area contributed by atoms with E-state index in [0.29, 0.717) is 29.6 Å². The highest BCUT2D eigenvalue weighted by Gasteiger charge is 2.35. The second-order valence-electron chi connectivity index (χ2n) is 5.55. The molecule has 1 heterocycles. The van der Waals surface area contributed by atoms with Gasteiger partial charge in [-0.1, -0.05) is 30.3 Å². The molecule has 2 aromatic rings. The van der Waals surface area contributed by atoms with Crippen molar-refractivity contribution < 1.29 is 24.5 Å². The van der Waals surface area contributed by atoms with Crippen LogP contribution in [0.15, 0.2) is 30.3 Å². The Labute approximate surface area is 134 Å². The SMILES string of the molecule is COc1c(C=O)c(O)c(C)c2c1C(O)CC(c1ccccc1)O2. The van der Waals surface area contributed by atoms with Crippen LogP contribution in [0, 0.1) is 6.92 Å². The number of fused-ring (bicyclic) bond motifs is 1. The van der Waals surface area contributed by atoms with Gasteiger partial charge in [-0.15, -0.1) is 0 Å². The summed E-state index contributed by atoms with van der Waals surface area (Å²) in [5.41, 5.74) is 1.80. The molecule has 0 saturated heterocycles. The van der Waals surface area contributed by atoms with Crippen LogP contribution >= 0.6 is 0 Å². The normalized spacial score (nSPS) is 19.6. The minimum atomic E-state index is -0.850. The van der Waals surface area contributed by atoms with Gasteiger partial charge in [-0.25, -0.2) is 0 Å². The number of methoxy groups -OCH3 is 1. The van der Waals surface area contributed by atoms with Crippen molar-refractivity contribution in [3.05, 3.63) is 52.6 Å². The molecule has 0 bridgehead atoms. The van der Waals surface area contributed by atoms with Crippen LogP contribution in [0.5, 0.6) is 17.2 Å². The molecule has 0 saturated carbocycles. The van der Waals surface area contributed by atoms with Crippen molar-refractivity contribution in [3.63, 3.8) is 0 Å². The maximum atomic E-state index is 11.3. The van der Waals surface area contributed by atoms with Crippen molar-refractivity contribution in [3.8, 4) is 17.2 Å². The van der Waals surface area contributed by atoms with Crippen LogP contribution in [-0.4, -0.2) is 23.6 Å². The van der Waals surface area contributed by atoms with Gasteiger partial charge in [0.15, 0.2) is 6.29 Å². The van der Waals surface area contributed by atoms with E-state index in [1.165, 1.54) is 7.11 Å². The van der Waals surface area contributed by atoms with E-state index in [-0.39, 0.29) is 23.2 Å². The highest BCUT2D eigenvalue weighted by atomic mass is 16.5. The third-order valence-electron chi connectivity index (χ3n) is 4.21. The molecule has 0 fully saturated rings. The van der Waals surface area contributed by atoms with Crippen LogP contribution in [0.25, 0.3) is 0 Å². The molecule has 2 N–H and O–H groups in total. The Morgan fingerprint density at radius 2 is 2.00 bits per heavy atom. The van der Waals surface area contributed by atoms with Crippen LogP contribution in [0.2, 0.25) is 0 Å². The Morgan fingerprint density at radius 1 is 1.30 bits per heavy atom. The van der Waals surface area contributed by atoms with Crippen molar-refractivity contribution in [2.45, 2.75) is 25.6 Å². The van der Waals surface area contributed by atoms with E-state index in [2.05, 4.69) is 0 Å². The number of rotatable bonds is 3. The highest BCUT2D eigenvalue weighted by molar-refractivity contribution is 5.87. The van der Waals surface area contributed by atoms with E-state index in [4.69, 9.17) is 9.47 Å². The third kappa shape index (κ3) is 2.43. The number of aliphatic hydroxyl groups excluding tert-OH is 1. The Balaban J connectivity index is 2.15. The number of phenols is 1. The number of carbonyl (C=O) groups excluding carboxylic acids is 1. The Hall–Kier alpha value is -2.53. The predicted octanol–water partition coefficient (Wildman–Crippen LogP) is 3.08. The number of aliphatic hydroxyl groups is 1. The van der Waals surface area contributed by atoms with Gasteiger partial charge in [0.05, 0.1) is 24.3 Å².